The van der Waals surface area contributed by atoms with Crippen molar-refractivity contribution in [3.63, 3.8) is 0 Å². The third-order valence-electron chi connectivity index (χ3n) is 5.09. The van der Waals surface area contributed by atoms with Crippen molar-refractivity contribution in [2.75, 3.05) is 0 Å². The molecule has 5 nitrogen and oxygen atoms in total. The lowest BCUT2D eigenvalue weighted by Crippen LogP contribution is -2.08. The molecule has 0 aliphatic heterocycles. The van der Waals surface area contributed by atoms with Crippen molar-refractivity contribution in [2.24, 2.45) is 0 Å². The van der Waals surface area contributed by atoms with Crippen LogP contribution in [0.1, 0.15) is 16.1 Å². The van der Waals surface area contributed by atoms with Gasteiger partial charge in [0.1, 0.15) is 16.9 Å². The van der Waals surface area contributed by atoms with Gasteiger partial charge in [0.15, 0.2) is 0 Å². The van der Waals surface area contributed by atoms with Gasteiger partial charge in [0.2, 0.25) is 5.76 Å². The lowest BCUT2D eigenvalue weighted by Gasteiger charge is -2.09. The van der Waals surface area contributed by atoms with Gasteiger partial charge >= 0.3 is 11.6 Å². The summed E-state index contributed by atoms with van der Waals surface area (Å²) in [5.74, 6) is -0.368. The molecule has 5 rings (SSSR count). The van der Waals surface area contributed by atoms with Crippen LogP contribution in [-0.4, -0.2) is 5.97 Å². The lowest BCUT2D eigenvalue weighted by atomic mass is 10.00. The summed E-state index contributed by atoms with van der Waals surface area (Å²) in [6, 6.07) is 20.9. The summed E-state index contributed by atoms with van der Waals surface area (Å²) in [6.45, 7) is 1.87. The number of ether oxygens (including phenoxy) is 1. The molecule has 0 radical (unpaired) electrons. The van der Waals surface area contributed by atoms with Crippen LogP contribution in [0.3, 0.4) is 0 Å². The van der Waals surface area contributed by atoms with Crippen LogP contribution in [0.15, 0.2) is 86.4 Å². The first kappa shape index (κ1) is 19.2. The third kappa shape index (κ3) is 3.49. The summed E-state index contributed by atoms with van der Waals surface area (Å²) >= 11 is 5.97. The van der Waals surface area contributed by atoms with E-state index in [1.807, 2.05) is 37.3 Å². The molecule has 0 spiro atoms. The van der Waals surface area contributed by atoms with E-state index >= 15 is 0 Å². The van der Waals surface area contributed by atoms with Gasteiger partial charge in [0.05, 0.1) is 5.56 Å². The number of furan rings is 1. The Kier molecular flexibility index (Phi) is 4.60. The zero-order valence-electron chi connectivity index (χ0n) is 16.3. The standard InChI is InChI=1S/C25H15ClO5/c1-14-19-9-8-18(13-21(19)31-25(28)23(14)15-5-3-2-4-6-15)29-24(27)22-12-16-11-17(26)7-10-20(16)30-22/h2-13H,1H3. The number of esters is 1. The number of hydrogen-bond acceptors (Lipinski definition) is 5. The average molecular weight is 431 g/mol. The maximum Gasteiger partial charge on any atom is 0.379 e. The van der Waals surface area contributed by atoms with Crippen molar-refractivity contribution in [1.82, 2.24) is 0 Å². The largest absolute Gasteiger partial charge is 0.449 e. The number of aryl methyl sites for hydroxylation is 1. The van der Waals surface area contributed by atoms with Crippen LogP contribution < -0.4 is 10.4 Å². The second-order valence-electron chi connectivity index (χ2n) is 7.10. The van der Waals surface area contributed by atoms with Crippen molar-refractivity contribution in [1.29, 1.82) is 0 Å². The van der Waals surface area contributed by atoms with Crippen LogP contribution >= 0.6 is 11.6 Å². The van der Waals surface area contributed by atoms with E-state index in [0.29, 0.717) is 27.1 Å². The predicted octanol–water partition coefficient (Wildman–Crippen LogP) is 6.39. The summed E-state index contributed by atoms with van der Waals surface area (Å²) in [4.78, 5) is 25.2. The number of fused-ring (bicyclic) bond motifs is 2. The Hall–Kier alpha value is -3.83. The van der Waals surface area contributed by atoms with Gasteiger partial charge in [-0.2, -0.15) is 0 Å². The van der Waals surface area contributed by atoms with Gasteiger partial charge in [-0.1, -0.05) is 41.9 Å². The highest BCUT2D eigenvalue weighted by Crippen LogP contribution is 2.30. The molecule has 2 heterocycles. The molecular formula is C25H15ClO5. The van der Waals surface area contributed by atoms with Gasteiger partial charge in [-0.3, -0.25) is 0 Å². The summed E-state index contributed by atoms with van der Waals surface area (Å²) in [5, 5.41) is 2.01. The van der Waals surface area contributed by atoms with Crippen molar-refractivity contribution in [3.8, 4) is 16.9 Å². The second kappa shape index (κ2) is 7.45. The molecule has 0 fully saturated rings. The first-order chi connectivity index (χ1) is 15.0. The maximum atomic E-state index is 12.6. The van der Waals surface area contributed by atoms with E-state index < -0.39 is 11.6 Å². The number of benzene rings is 3. The van der Waals surface area contributed by atoms with E-state index in [4.69, 9.17) is 25.2 Å². The van der Waals surface area contributed by atoms with Crippen molar-refractivity contribution in [2.45, 2.75) is 6.92 Å². The quantitative estimate of drug-likeness (QED) is 0.188. The summed E-state index contributed by atoms with van der Waals surface area (Å²) in [5.41, 5.74) is 2.52. The molecule has 6 heteroatoms. The van der Waals surface area contributed by atoms with E-state index in [2.05, 4.69) is 0 Å². The zero-order valence-corrected chi connectivity index (χ0v) is 17.1. The van der Waals surface area contributed by atoms with Crippen LogP contribution in [0.2, 0.25) is 5.02 Å². The fourth-order valence-corrected chi connectivity index (χ4v) is 3.79. The van der Waals surface area contributed by atoms with Crippen LogP contribution in [0.25, 0.3) is 33.1 Å². The SMILES string of the molecule is Cc1c(-c2ccccc2)c(=O)oc2cc(OC(=O)c3cc4cc(Cl)ccc4o3)ccc12. The van der Waals surface area contributed by atoms with Gasteiger partial charge in [-0.25, -0.2) is 9.59 Å². The van der Waals surface area contributed by atoms with Gasteiger partial charge in [-0.15, -0.1) is 0 Å². The summed E-state index contributed by atoms with van der Waals surface area (Å²) < 4.78 is 16.5. The molecule has 0 unspecified atom stereocenters. The molecule has 0 saturated heterocycles. The molecule has 0 aliphatic carbocycles. The minimum absolute atomic E-state index is 0.0504. The maximum absolute atomic E-state index is 12.6. The monoisotopic (exact) mass is 430 g/mol. The number of carbonyl (C=O) groups excluding carboxylic acids is 1. The Morgan fingerprint density at radius 3 is 2.52 bits per heavy atom. The molecule has 0 atom stereocenters. The highest BCUT2D eigenvalue weighted by molar-refractivity contribution is 6.31. The Bertz CT molecular complexity index is 1510. The zero-order chi connectivity index (χ0) is 21.5. The summed E-state index contributed by atoms with van der Waals surface area (Å²) in [7, 11) is 0. The lowest BCUT2D eigenvalue weighted by molar-refractivity contribution is 0.0704. The molecule has 0 aliphatic rings. The first-order valence-corrected chi connectivity index (χ1v) is 9.91. The number of halogens is 1. The van der Waals surface area contributed by atoms with Crippen LogP contribution in [0, 0.1) is 6.92 Å². The van der Waals surface area contributed by atoms with Crippen molar-refractivity contribution < 1.29 is 18.4 Å². The highest BCUT2D eigenvalue weighted by atomic mass is 35.5. The molecular weight excluding hydrogens is 416 g/mol. The minimum Gasteiger partial charge on any atom is -0.449 e. The fraction of sp³-hybridized carbons (Fsp3) is 0.0400. The molecule has 31 heavy (non-hydrogen) atoms. The average Bonchev–Trinajstić information content (AvgIpc) is 3.18. The first-order valence-electron chi connectivity index (χ1n) is 9.54. The number of carbonyl (C=O) groups is 1. The minimum atomic E-state index is -0.661. The Balaban J connectivity index is 1.49. The molecule has 0 amide bonds. The third-order valence-corrected chi connectivity index (χ3v) is 5.33. The van der Waals surface area contributed by atoms with E-state index in [0.717, 1.165) is 16.5 Å². The Labute approximate surface area is 181 Å². The molecule has 152 valence electrons. The van der Waals surface area contributed by atoms with Crippen molar-refractivity contribution in [3.05, 3.63) is 99.6 Å². The molecule has 5 aromatic rings. The fourth-order valence-electron chi connectivity index (χ4n) is 3.61. The molecule has 2 aromatic heterocycles. The van der Waals surface area contributed by atoms with Gasteiger partial charge in [0.25, 0.3) is 0 Å². The predicted molar refractivity (Wildman–Crippen MR) is 119 cm³/mol. The van der Waals surface area contributed by atoms with Crippen molar-refractivity contribution >= 4 is 39.5 Å². The van der Waals surface area contributed by atoms with E-state index in [1.54, 1.807) is 36.4 Å². The number of hydrogen-bond donors (Lipinski definition) is 0. The molecule has 3 aromatic carbocycles. The Morgan fingerprint density at radius 2 is 1.71 bits per heavy atom. The normalized spacial score (nSPS) is 11.2. The number of rotatable bonds is 3. The van der Waals surface area contributed by atoms with Gasteiger partial charge in [-0.05, 0) is 54.4 Å². The van der Waals surface area contributed by atoms with Gasteiger partial charge < -0.3 is 13.6 Å². The van der Waals surface area contributed by atoms with E-state index in [-0.39, 0.29) is 11.5 Å². The highest BCUT2D eigenvalue weighted by Gasteiger charge is 2.17. The molecule has 0 bridgehead atoms. The second-order valence-corrected chi connectivity index (χ2v) is 7.53. The summed E-state index contributed by atoms with van der Waals surface area (Å²) in [6.07, 6.45) is 0. The topological polar surface area (TPSA) is 69.7 Å². The Morgan fingerprint density at radius 1 is 0.903 bits per heavy atom. The van der Waals surface area contributed by atoms with Gasteiger partial charge in [0, 0.05) is 21.9 Å². The van der Waals surface area contributed by atoms with E-state index in [1.165, 1.54) is 6.07 Å². The van der Waals surface area contributed by atoms with Crippen LogP contribution in [0.5, 0.6) is 5.75 Å². The van der Waals surface area contributed by atoms with E-state index in [9.17, 15) is 9.59 Å². The van der Waals surface area contributed by atoms with Crippen LogP contribution in [0.4, 0.5) is 0 Å². The smallest absolute Gasteiger partial charge is 0.379 e. The molecule has 0 N–H and O–H groups in total. The van der Waals surface area contributed by atoms with Crippen LogP contribution in [-0.2, 0) is 0 Å². The molecule has 0 saturated carbocycles.